The number of piperidine rings is 1. The SMILES string of the molecule is CC(C)n1cc(C(CN)N2CCC(CN(C)C)CC2)cn1. The third-order valence-corrected chi connectivity index (χ3v) is 4.47. The summed E-state index contributed by atoms with van der Waals surface area (Å²) in [6, 6.07) is 0.723. The maximum Gasteiger partial charge on any atom is 0.0538 e. The molecule has 1 fully saturated rings. The van der Waals surface area contributed by atoms with Gasteiger partial charge in [-0.3, -0.25) is 9.58 Å². The first kappa shape index (κ1) is 16.5. The molecule has 0 radical (unpaired) electrons. The van der Waals surface area contributed by atoms with Gasteiger partial charge in [0.05, 0.1) is 12.2 Å². The van der Waals surface area contributed by atoms with E-state index < -0.39 is 0 Å². The Bertz CT molecular complexity index is 418. The normalized spacial score (nSPS) is 19.6. The number of likely N-dealkylation sites (tertiary alicyclic amines) is 1. The van der Waals surface area contributed by atoms with Crippen LogP contribution < -0.4 is 5.73 Å². The standard InChI is InChI=1S/C16H31N5/c1-13(2)21-12-15(10-18-21)16(9-17)20-7-5-14(6-8-20)11-19(3)4/h10,12-14,16H,5-9,11,17H2,1-4H3. The quantitative estimate of drug-likeness (QED) is 0.868. The molecule has 0 bridgehead atoms. The van der Waals surface area contributed by atoms with Crippen molar-refractivity contribution in [2.24, 2.45) is 11.7 Å². The van der Waals surface area contributed by atoms with E-state index in [2.05, 4.69) is 49.0 Å². The number of hydrogen-bond acceptors (Lipinski definition) is 4. The third-order valence-electron chi connectivity index (χ3n) is 4.47. The molecule has 0 aromatic carbocycles. The lowest BCUT2D eigenvalue weighted by Crippen LogP contribution is -2.41. The second-order valence-corrected chi connectivity index (χ2v) is 6.84. The van der Waals surface area contributed by atoms with Crippen molar-refractivity contribution < 1.29 is 0 Å². The van der Waals surface area contributed by atoms with Crippen molar-refractivity contribution in [3.63, 3.8) is 0 Å². The van der Waals surface area contributed by atoms with Gasteiger partial charge in [-0.2, -0.15) is 5.10 Å². The second kappa shape index (κ2) is 7.38. The molecule has 1 aromatic heterocycles. The third kappa shape index (κ3) is 4.28. The molecule has 0 amide bonds. The van der Waals surface area contributed by atoms with E-state index in [9.17, 15) is 0 Å². The van der Waals surface area contributed by atoms with Crippen molar-refractivity contribution in [2.75, 3.05) is 40.3 Å². The van der Waals surface area contributed by atoms with E-state index in [4.69, 9.17) is 5.73 Å². The van der Waals surface area contributed by atoms with Gasteiger partial charge in [0.1, 0.15) is 0 Å². The van der Waals surface area contributed by atoms with Gasteiger partial charge in [-0.25, -0.2) is 0 Å². The first-order valence-corrected chi connectivity index (χ1v) is 8.14. The molecule has 21 heavy (non-hydrogen) atoms. The van der Waals surface area contributed by atoms with Gasteiger partial charge in [0.15, 0.2) is 0 Å². The largest absolute Gasteiger partial charge is 0.329 e. The maximum atomic E-state index is 6.05. The molecule has 2 N–H and O–H groups in total. The van der Waals surface area contributed by atoms with Gasteiger partial charge in [0, 0.05) is 30.9 Å². The summed E-state index contributed by atoms with van der Waals surface area (Å²) in [5.74, 6) is 0.827. The topological polar surface area (TPSA) is 50.3 Å². The van der Waals surface area contributed by atoms with Crippen LogP contribution in [0.4, 0.5) is 0 Å². The predicted octanol–water partition coefficient (Wildman–Crippen LogP) is 1.74. The van der Waals surface area contributed by atoms with E-state index in [1.54, 1.807) is 0 Å². The highest BCUT2D eigenvalue weighted by atomic mass is 15.3. The monoisotopic (exact) mass is 293 g/mol. The molecule has 1 unspecified atom stereocenters. The highest BCUT2D eigenvalue weighted by Crippen LogP contribution is 2.26. The van der Waals surface area contributed by atoms with E-state index in [1.807, 2.05) is 10.9 Å². The first-order valence-electron chi connectivity index (χ1n) is 8.14. The van der Waals surface area contributed by atoms with E-state index in [1.165, 1.54) is 24.9 Å². The van der Waals surface area contributed by atoms with Crippen LogP contribution in [0.5, 0.6) is 0 Å². The summed E-state index contributed by atoms with van der Waals surface area (Å²) in [6.07, 6.45) is 6.69. The lowest BCUT2D eigenvalue weighted by molar-refractivity contribution is 0.122. The summed E-state index contributed by atoms with van der Waals surface area (Å²) in [5, 5.41) is 4.46. The van der Waals surface area contributed by atoms with E-state index in [0.717, 1.165) is 19.0 Å². The Morgan fingerprint density at radius 1 is 1.33 bits per heavy atom. The van der Waals surface area contributed by atoms with Crippen LogP contribution in [0.15, 0.2) is 12.4 Å². The highest BCUT2D eigenvalue weighted by Gasteiger charge is 2.26. The van der Waals surface area contributed by atoms with Crippen LogP contribution >= 0.6 is 0 Å². The second-order valence-electron chi connectivity index (χ2n) is 6.84. The van der Waals surface area contributed by atoms with Crippen molar-refractivity contribution in [1.82, 2.24) is 19.6 Å². The average Bonchev–Trinajstić information content (AvgIpc) is 2.91. The van der Waals surface area contributed by atoms with Gasteiger partial charge in [0.2, 0.25) is 0 Å². The first-order chi connectivity index (χ1) is 10.0. The zero-order chi connectivity index (χ0) is 15.4. The zero-order valence-corrected chi connectivity index (χ0v) is 14.0. The van der Waals surface area contributed by atoms with Crippen molar-refractivity contribution >= 4 is 0 Å². The number of nitrogens with two attached hydrogens (primary N) is 1. The molecular formula is C16H31N5. The number of hydrogen-bond donors (Lipinski definition) is 1. The predicted molar refractivity (Wildman–Crippen MR) is 87.3 cm³/mol. The van der Waals surface area contributed by atoms with Crippen LogP contribution in [0.3, 0.4) is 0 Å². The summed E-state index contributed by atoms with van der Waals surface area (Å²) >= 11 is 0. The molecule has 1 atom stereocenters. The fourth-order valence-corrected chi connectivity index (χ4v) is 3.27. The van der Waals surface area contributed by atoms with Gasteiger partial charge in [-0.05, 0) is 59.8 Å². The molecule has 1 aliphatic heterocycles. The molecule has 1 aromatic rings. The summed E-state index contributed by atoms with van der Waals surface area (Å²) in [7, 11) is 4.32. The number of aromatic nitrogens is 2. The summed E-state index contributed by atoms with van der Waals surface area (Å²) in [4.78, 5) is 4.83. The molecule has 1 saturated heterocycles. The van der Waals surface area contributed by atoms with E-state index in [-0.39, 0.29) is 0 Å². The Morgan fingerprint density at radius 3 is 2.48 bits per heavy atom. The Labute approximate surface area is 129 Å². The van der Waals surface area contributed by atoms with Crippen LogP contribution in [0.25, 0.3) is 0 Å². The van der Waals surface area contributed by atoms with Gasteiger partial charge in [-0.15, -0.1) is 0 Å². The minimum absolute atomic E-state index is 0.317. The zero-order valence-electron chi connectivity index (χ0n) is 14.0. The van der Waals surface area contributed by atoms with Crippen LogP contribution in [0, 0.1) is 5.92 Å². The van der Waals surface area contributed by atoms with E-state index in [0.29, 0.717) is 18.6 Å². The Kier molecular flexibility index (Phi) is 5.79. The van der Waals surface area contributed by atoms with Crippen molar-refractivity contribution in [3.8, 4) is 0 Å². The van der Waals surface area contributed by atoms with Crippen molar-refractivity contribution in [2.45, 2.75) is 38.8 Å². The molecule has 1 aliphatic rings. The minimum atomic E-state index is 0.317. The molecule has 0 spiro atoms. The molecule has 2 heterocycles. The van der Waals surface area contributed by atoms with Crippen LogP contribution in [0.1, 0.15) is 44.3 Å². The lowest BCUT2D eigenvalue weighted by atomic mass is 9.94. The summed E-state index contributed by atoms with van der Waals surface area (Å²) in [6.45, 7) is 8.47. The molecule has 5 heteroatoms. The van der Waals surface area contributed by atoms with Crippen LogP contribution in [0.2, 0.25) is 0 Å². The van der Waals surface area contributed by atoms with Crippen molar-refractivity contribution in [3.05, 3.63) is 18.0 Å². The fourth-order valence-electron chi connectivity index (χ4n) is 3.27. The molecule has 0 aliphatic carbocycles. The minimum Gasteiger partial charge on any atom is -0.329 e. The Morgan fingerprint density at radius 2 is 2.00 bits per heavy atom. The van der Waals surface area contributed by atoms with Gasteiger partial charge in [-0.1, -0.05) is 0 Å². The average molecular weight is 293 g/mol. The van der Waals surface area contributed by atoms with Crippen molar-refractivity contribution in [1.29, 1.82) is 0 Å². The fraction of sp³-hybridized carbons (Fsp3) is 0.812. The highest BCUT2D eigenvalue weighted by molar-refractivity contribution is 5.12. The Hall–Kier alpha value is -0.910. The smallest absolute Gasteiger partial charge is 0.0538 e. The molecule has 0 saturated carbocycles. The lowest BCUT2D eigenvalue weighted by Gasteiger charge is -2.37. The Balaban J connectivity index is 1.95. The van der Waals surface area contributed by atoms with Crippen LogP contribution in [-0.4, -0.2) is 59.9 Å². The maximum absolute atomic E-state index is 6.05. The number of rotatable bonds is 6. The molecule has 5 nitrogen and oxygen atoms in total. The van der Waals surface area contributed by atoms with Gasteiger partial charge < -0.3 is 10.6 Å². The molecule has 2 rings (SSSR count). The molecule has 120 valence electrons. The number of nitrogens with zero attached hydrogens (tertiary/aromatic N) is 4. The summed E-state index contributed by atoms with van der Waals surface area (Å²) in [5.41, 5.74) is 7.31. The molecular weight excluding hydrogens is 262 g/mol. The van der Waals surface area contributed by atoms with Gasteiger partial charge >= 0.3 is 0 Å². The van der Waals surface area contributed by atoms with E-state index >= 15 is 0 Å². The van der Waals surface area contributed by atoms with Gasteiger partial charge in [0.25, 0.3) is 0 Å². The van der Waals surface area contributed by atoms with Crippen LogP contribution in [-0.2, 0) is 0 Å². The summed E-state index contributed by atoms with van der Waals surface area (Å²) < 4.78 is 2.02.